The molecule has 3 heteroatoms. The van der Waals surface area contributed by atoms with Gasteiger partial charge in [0.05, 0.1) is 0 Å². The molecule has 14 heavy (non-hydrogen) atoms. The van der Waals surface area contributed by atoms with E-state index in [1.54, 1.807) is 19.0 Å². The molecular weight excluding hydrogens is 176 g/mol. The number of carbonyl (C=O) groups excluding carboxylic acids is 1. The molecule has 1 saturated carbocycles. The van der Waals surface area contributed by atoms with E-state index in [0.29, 0.717) is 12.0 Å². The second-order valence-corrected chi connectivity index (χ2v) is 4.53. The highest BCUT2D eigenvalue weighted by Gasteiger charge is 2.21. The quantitative estimate of drug-likeness (QED) is 0.725. The standard InChI is InChI=1S/C11H22N2O/c1-9(12-11(14)13(2)3)10-7-5-4-6-8-10/h9-10H,4-8H2,1-3H3,(H,12,14). The van der Waals surface area contributed by atoms with Gasteiger partial charge in [-0.25, -0.2) is 4.79 Å². The molecule has 1 fully saturated rings. The van der Waals surface area contributed by atoms with Crippen LogP contribution in [0.2, 0.25) is 0 Å². The van der Waals surface area contributed by atoms with Gasteiger partial charge in [0.15, 0.2) is 0 Å². The number of nitrogens with zero attached hydrogens (tertiary/aromatic N) is 1. The van der Waals surface area contributed by atoms with Crippen LogP contribution in [0.15, 0.2) is 0 Å². The molecule has 0 aromatic rings. The SMILES string of the molecule is CC(NC(=O)N(C)C)C1CCCCC1. The van der Waals surface area contributed by atoms with Crippen LogP contribution in [-0.4, -0.2) is 31.1 Å². The normalized spacial score (nSPS) is 20.2. The van der Waals surface area contributed by atoms with Gasteiger partial charge >= 0.3 is 6.03 Å². The monoisotopic (exact) mass is 198 g/mol. The molecule has 3 nitrogen and oxygen atoms in total. The predicted molar refractivity (Wildman–Crippen MR) is 58.3 cm³/mol. The Morgan fingerprint density at radius 2 is 1.86 bits per heavy atom. The summed E-state index contributed by atoms with van der Waals surface area (Å²) >= 11 is 0. The zero-order valence-electron chi connectivity index (χ0n) is 9.55. The van der Waals surface area contributed by atoms with Crippen LogP contribution in [0, 0.1) is 5.92 Å². The van der Waals surface area contributed by atoms with Crippen molar-refractivity contribution < 1.29 is 4.79 Å². The predicted octanol–water partition coefficient (Wildman–Crippen LogP) is 2.23. The molecule has 0 saturated heterocycles. The molecule has 0 aromatic carbocycles. The van der Waals surface area contributed by atoms with Crippen LogP contribution in [-0.2, 0) is 0 Å². The van der Waals surface area contributed by atoms with E-state index in [4.69, 9.17) is 0 Å². The van der Waals surface area contributed by atoms with Gasteiger partial charge in [0.2, 0.25) is 0 Å². The minimum Gasteiger partial charge on any atom is -0.335 e. The number of urea groups is 1. The molecule has 82 valence electrons. The minimum atomic E-state index is 0.0306. The maximum atomic E-state index is 11.4. The Hall–Kier alpha value is -0.730. The van der Waals surface area contributed by atoms with Crippen molar-refractivity contribution in [2.75, 3.05) is 14.1 Å². The highest BCUT2D eigenvalue weighted by atomic mass is 16.2. The van der Waals surface area contributed by atoms with Crippen molar-refractivity contribution in [1.82, 2.24) is 10.2 Å². The summed E-state index contributed by atoms with van der Waals surface area (Å²) in [5.74, 6) is 0.688. The molecule has 0 bridgehead atoms. The molecular formula is C11H22N2O. The van der Waals surface area contributed by atoms with Crippen molar-refractivity contribution >= 4 is 6.03 Å². The van der Waals surface area contributed by atoms with Crippen molar-refractivity contribution in [3.63, 3.8) is 0 Å². The fraction of sp³-hybridized carbons (Fsp3) is 0.909. The summed E-state index contributed by atoms with van der Waals surface area (Å²) in [6.45, 7) is 2.12. The molecule has 0 heterocycles. The van der Waals surface area contributed by atoms with Gasteiger partial charge in [0, 0.05) is 20.1 Å². The Balaban J connectivity index is 2.32. The van der Waals surface area contributed by atoms with Crippen LogP contribution in [0.4, 0.5) is 4.79 Å². The third kappa shape index (κ3) is 3.20. The van der Waals surface area contributed by atoms with Gasteiger partial charge in [-0.3, -0.25) is 0 Å². The van der Waals surface area contributed by atoms with Crippen LogP contribution in [0.3, 0.4) is 0 Å². The summed E-state index contributed by atoms with van der Waals surface area (Å²) in [7, 11) is 3.56. The molecule has 0 aromatic heterocycles. The van der Waals surface area contributed by atoms with Gasteiger partial charge < -0.3 is 10.2 Å². The maximum absolute atomic E-state index is 11.4. The van der Waals surface area contributed by atoms with Gasteiger partial charge in [-0.05, 0) is 25.7 Å². The Kier molecular flexibility index (Phi) is 4.23. The summed E-state index contributed by atoms with van der Waals surface area (Å²) in [5.41, 5.74) is 0. The van der Waals surface area contributed by atoms with Crippen LogP contribution >= 0.6 is 0 Å². The lowest BCUT2D eigenvalue weighted by atomic mass is 9.85. The van der Waals surface area contributed by atoms with E-state index < -0.39 is 0 Å². The first-order valence-corrected chi connectivity index (χ1v) is 5.59. The van der Waals surface area contributed by atoms with E-state index in [1.807, 2.05) is 0 Å². The lowest BCUT2D eigenvalue weighted by Gasteiger charge is -2.29. The highest BCUT2D eigenvalue weighted by Crippen LogP contribution is 2.26. The third-order valence-electron chi connectivity index (χ3n) is 3.11. The number of hydrogen-bond donors (Lipinski definition) is 1. The molecule has 0 aliphatic heterocycles. The Labute approximate surface area is 86.9 Å². The van der Waals surface area contributed by atoms with Crippen LogP contribution < -0.4 is 5.32 Å². The average Bonchev–Trinajstić information content (AvgIpc) is 2.19. The van der Waals surface area contributed by atoms with Gasteiger partial charge in [0.25, 0.3) is 0 Å². The number of hydrogen-bond acceptors (Lipinski definition) is 1. The highest BCUT2D eigenvalue weighted by molar-refractivity contribution is 5.73. The molecule has 0 spiro atoms. The van der Waals surface area contributed by atoms with Crippen molar-refractivity contribution in [2.45, 2.75) is 45.1 Å². The lowest BCUT2D eigenvalue weighted by molar-refractivity contribution is 0.203. The fourth-order valence-corrected chi connectivity index (χ4v) is 2.08. The van der Waals surface area contributed by atoms with Gasteiger partial charge in [-0.2, -0.15) is 0 Å². The van der Waals surface area contributed by atoms with Crippen molar-refractivity contribution in [3.05, 3.63) is 0 Å². The smallest absolute Gasteiger partial charge is 0.317 e. The summed E-state index contributed by atoms with van der Waals surface area (Å²) in [6, 6.07) is 0.355. The van der Waals surface area contributed by atoms with E-state index in [2.05, 4.69) is 12.2 Å². The first-order valence-electron chi connectivity index (χ1n) is 5.59. The summed E-state index contributed by atoms with van der Waals surface area (Å²) in [4.78, 5) is 13.0. The first kappa shape index (κ1) is 11.3. The molecule has 1 rings (SSSR count). The summed E-state index contributed by atoms with van der Waals surface area (Å²) in [5, 5.41) is 3.04. The van der Waals surface area contributed by atoms with Crippen LogP contribution in [0.1, 0.15) is 39.0 Å². The zero-order chi connectivity index (χ0) is 10.6. The van der Waals surface area contributed by atoms with Gasteiger partial charge in [-0.15, -0.1) is 0 Å². The van der Waals surface area contributed by atoms with Crippen LogP contribution in [0.25, 0.3) is 0 Å². The second kappa shape index (κ2) is 5.23. The molecule has 1 aliphatic carbocycles. The zero-order valence-corrected chi connectivity index (χ0v) is 9.55. The Morgan fingerprint density at radius 1 is 1.29 bits per heavy atom. The van der Waals surface area contributed by atoms with Gasteiger partial charge in [-0.1, -0.05) is 19.3 Å². The fourth-order valence-electron chi connectivity index (χ4n) is 2.08. The molecule has 1 unspecified atom stereocenters. The Bertz CT molecular complexity index is 186. The minimum absolute atomic E-state index is 0.0306. The average molecular weight is 198 g/mol. The van der Waals surface area contributed by atoms with Crippen molar-refractivity contribution in [1.29, 1.82) is 0 Å². The first-order chi connectivity index (χ1) is 6.61. The molecule has 2 amide bonds. The number of carbonyl (C=O) groups is 1. The van der Waals surface area contributed by atoms with Crippen molar-refractivity contribution in [3.8, 4) is 0 Å². The second-order valence-electron chi connectivity index (χ2n) is 4.53. The van der Waals surface area contributed by atoms with E-state index >= 15 is 0 Å². The molecule has 1 atom stereocenters. The van der Waals surface area contributed by atoms with E-state index in [1.165, 1.54) is 32.1 Å². The van der Waals surface area contributed by atoms with E-state index in [9.17, 15) is 4.79 Å². The van der Waals surface area contributed by atoms with E-state index in [-0.39, 0.29) is 6.03 Å². The summed E-state index contributed by atoms with van der Waals surface area (Å²) in [6.07, 6.45) is 6.56. The molecule has 1 aliphatic rings. The largest absolute Gasteiger partial charge is 0.335 e. The lowest BCUT2D eigenvalue weighted by Crippen LogP contribution is -2.43. The number of nitrogens with one attached hydrogen (secondary N) is 1. The molecule has 0 radical (unpaired) electrons. The summed E-state index contributed by atoms with van der Waals surface area (Å²) < 4.78 is 0. The molecule has 1 N–H and O–H groups in total. The number of rotatable bonds is 2. The third-order valence-corrected chi connectivity index (χ3v) is 3.11. The number of amides is 2. The Morgan fingerprint density at radius 3 is 2.36 bits per heavy atom. The maximum Gasteiger partial charge on any atom is 0.317 e. The van der Waals surface area contributed by atoms with E-state index in [0.717, 1.165) is 0 Å². The topological polar surface area (TPSA) is 32.3 Å². The van der Waals surface area contributed by atoms with Gasteiger partial charge in [0.1, 0.15) is 0 Å². The van der Waals surface area contributed by atoms with Crippen molar-refractivity contribution in [2.24, 2.45) is 5.92 Å². The van der Waals surface area contributed by atoms with Crippen LogP contribution in [0.5, 0.6) is 0 Å².